The monoisotopic (exact) mass is 307 g/mol. The Morgan fingerprint density at radius 1 is 1.29 bits per heavy atom. The Morgan fingerprint density at radius 3 is 2.62 bits per heavy atom. The highest BCUT2D eigenvalue weighted by Crippen LogP contribution is 2.23. The van der Waals surface area contributed by atoms with Crippen LogP contribution in [0.5, 0.6) is 0 Å². The summed E-state index contributed by atoms with van der Waals surface area (Å²) in [6.07, 6.45) is 2.41. The number of nitrogens with one attached hydrogen (secondary N) is 1. The Bertz CT molecular complexity index is 720. The van der Waals surface area contributed by atoms with E-state index in [1.807, 2.05) is 27.0 Å². The van der Waals surface area contributed by atoms with Crippen LogP contribution in [0.2, 0.25) is 0 Å². The first-order chi connectivity index (χ1) is 9.95. The van der Waals surface area contributed by atoms with Gasteiger partial charge in [-0.05, 0) is 25.5 Å². The number of sulfone groups is 1. The van der Waals surface area contributed by atoms with Gasteiger partial charge in [-0.3, -0.25) is 4.68 Å². The summed E-state index contributed by atoms with van der Waals surface area (Å²) in [7, 11) is -1.35. The number of benzene rings is 1. The number of aryl methyl sites for hydroxylation is 1. The molecule has 0 unspecified atom stereocenters. The highest BCUT2D eigenvalue weighted by molar-refractivity contribution is 7.91. The van der Waals surface area contributed by atoms with Crippen molar-refractivity contribution in [3.8, 4) is 0 Å². The van der Waals surface area contributed by atoms with Gasteiger partial charge in [0.15, 0.2) is 9.84 Å². The van der Waals surface area contributed by atoms with Crippen LogP contribution in [0.4, 0.5) is 5.69 Å². The lowest BCUT2D eigenvalue weighted by molar-refractivity contribution is 0.595. The molecule has 5 nitrogen and oxygen atoms in total. The number of anilines is 1. The van der Waals surface area contributed by atoms with Crippen LogP contribution in [-0.4, -0.2) is 24.0 Å². The zero-order valence-electron chi connectivity index (χ0n) is 12.6. The van der Waals surface area contributed by atoms with Gasteiger partial charge in [0.2, 0.25) is 0 Å². The Hall–Kier alpha value is -1.82. The van der Waals surface area contributed by atoms with Gasteiger partial charge in [-0.2, -0.15) is 5.10 Å². The number of aromatic nitrogens is 2. The summed E-state index contributed by atoms with van der Waals surface area (Å²) >= 11 is 0. The van der Waals surface area contributed by atoms with Crippen LogP contribution in [0.3, 0.4) is 0 Å². The first-order valence-electron chi connectivity index (χ1n) is 6.99. The van der Waals surface area contributed by atoms with Gasteiger partial charge in [0.25, 0.3) is 0 Å². The first-order valence-corrected chi connectivity index (χ1v) is 8.64. The SMILES string of the molecule is CCCS(=O)(=O)c1ccccc1NCc1cnn(C)c1C. The third-order valence-corrected chi connectivity index (χ3v) is 5.47. The highest BCUT2D eigenvalue weighted by Gasteiger charge is 2.17. The molecule has 0 atom stereocenters. The van der Waals surface area contributed by atoms with E-state index >= 15 is 0 Å². The quantitative estimate of drug-likeness (QED) is 0.890. The molecule has 0 spiro atoms. The van der Waals surface area contributed by atoms with Crippen molar-refractivity contribution in [1.29, 1.82) is 0 Å². The van der Waals surface area contributed by atoms with Crippen molar-refractivity contribution >= 4 is 15.5 Å². The summed E-state index contributed by atoms with van der Waals surface area (Å²) in [6.45, 7) is 4.41. The molecule has 114 valence electrons. The van der Waals surface area contributed by atoms with E-state index in [2.05, 4.69) is 10.4 Å². The molecule has 0 aliphatic carbocycles. The second kappa shape index (κ2) is 6.30. The summed E-state index contributed by atoms with van der Waals surface area (Å²) in [5, 5.41) is 7.40. The fourth-order valence-corrected chi connectivity index (χ4v) is 3.69. The Morgan fingerprint density at radius 2 is 2.00 bits per heavy atom. The molecule has 21 heavy (non-hydrogen) atoms. The predicted molar refractivity (Wildman–Crippen MR) is 84.1 cm³/mol. The van der Waals surface area contributed by atoms with Crippen molar-refractivity contribution in [2.75, 3.05) is 11.1 Å². The van der Waals surface area contributed by atoms with Gasteiger partial charge >= 0.3 is 0 Å². The third-order valence-electron chi connectivity index (χ3n) is 3.50. The van der Waals surface area contributed by atoms with E-state index in [0.29, 0.717) is 23.5 Å². The van der Waals surface area contributed by atoms with Crippen LogP contribution < -0.4 is 5.32 Å². The molecular weight excluding hydrogens is 286 g/mol. The van der Waals surface area contributed by atoms with Crippen LogP contribution in [0, 0.1) is 6.92 Å². The minimum atomic E-state index is -3.23. The van der Waals surface area contributed by atoms with Gasteiger partial charge in [-0.1, -0.05) is 19.1 Å². The zero-order valence-corrected chi connectivity index (χ0v) is 13.4. The minimum absolute atomic E-state index is 0.164. The maximum atomic E-state index is 12.3. The molecule has 1 aromatic carbocycles. The molecule has 0 saturated heterocycles. The van der Waals surface area contributed by atoms with Crippen molar-refractivity contribution in [3.63, 3.8) is 0 Å². The van der Waals surface area contributed by atoms with Crippen LogP contribution in [-0.2, 0) is 23.4 Å². The van der Waals surface area contributed by atoms with E-state index in [4.69, 9.17) is 0 Å². The number of nitrogens with zero attached hydrogens (tertiary/aromatic N) is 2. The van der Waals surface area contributed by atoms with Crippen LogP contribution in [0.1, 0.15) is 24.6 Å². The second-order valence-electron chi connectivity index (χ2n) is 5.05. The molecule has 0 amide bonds. The van der Waals surface area contributed by atoms with Crippen molar-refractivity contribution in [3.05, 3.63) is 41.7 Å². The van der Waals surface area contributed by atoms with Crippen LogP contribution in [0.25, 0.3) is 0 Å². The van der Waals surface area contributed by atoms with E-state index in [1.54, 1.807) is 29.1 Å². The van der Waals surface area contributed by atoms with E-state index < -0.39 is 9.84 Å². The molecule has 6 heteroatoms. The third kappa shape index (κ3) is 3.44. The van der Waals surface area contributed by atoms with E-state index in [0.717, 1.165) is 11.3 Å². The molecule has 0 aliphatic rings. The summed E-state index contributed by atoms with van der Waals surface area (Å²) < 4.78 is 26.4. The van der Waals surface area contributed by atoms with Crippen molar-refractivity contribution in [2.24, 2.45) is 7.05 Å². The Labute approximate surface area is 125 Å². The second-order valence-corrected chi connectivity index (χ2v) is 7.12. The topological polar surface area (TPSA) is 64.0 Å². The van der Waals surface area contributed by atoms with Crippen molar-refractivity contribution in [1.82, 2.24) is 9.78 Å². The summed E-state index contributed by atoms with van der Waals surface area (Å²) in [5.41, 5.74) is 2.77. The van der Waals surface area contributed by atoms with Crippen LogP contribution >= 0.6 is 0 Å². The molecular formula is C15H21N3O2S. The molecule has 0 saturated carbocycles. The fourth-order valence-electron chi connectivity index (χ4n) is 2.17. The average molecular weight is 307 g/mol. The molecule has 1 aromatic heterocycles. The molecule has 0 fully saturated rings. The van der Waals surface area contributed by atoms with Gasteiger partial charge in [0.05, 0.1) is 22.5 Å². The van der Waals surface area contributed by atoms with Crippen molar-refractivity contribution < 1.29 is 8.42 Å². The summed E-state index contributed by atoms with van der Waals surface area (Å²) in [5.74, 6) is 0.164. The largest absolute Gasteiger partial charge is 0.380 e. The number of para-hydroxylation sites is 1. The predicted octanol–water partition coefficient (Wildman–Crippen LogP) is 2.52. The highest BCUT2D eigenvalue weighted by atomic mass is 32.2. The zero-order chi connectivity index (χ0) is 15.5. The maximum absolute atomic E-state index is 12.3. The van der Waals surface area contributed by atoms with Crippen LogP contribution in [0.15, 0.2) is 35.4 Å². The molecule has 1 N–H and O–H groups in total. The lowest BCUT2D eigenvalue weighted by Crippen LogP contribution is -2.10. The van der Waals surface area contributed by atoms with Gasteiger partial charge in [-0.15, -0.1) is 0 Å². The van der Waals surface area contributed by atoms with Gasteiger partial charge in [-0.25, -0.2) is 8.42 Å². The smallest absolute Gasteiger partial charge is 0.180 e. The summed E-state index contributed by atoms with van der Waals surface area (Å²) in [4.78, 5) is 0.369. The molecule has 2 rings (SSSR count). The molecule has 0 aliphatic heterocycles. The van der Waals surface area contributed by atoms with E-state index in [-0.39, 0.29) is 5.75 Å². The maximum Gasteiger partial charge on any atom is 0.180 e. The van der Waals surface area contributed by atoms with Gasteiger partial charge in [0.1, 0.15) is 0 Å². The van der Waals surface area contributed by atoms with Crippen molar-refractivity contribution in [2.45, 2.75) is 31.7 Å². The molecule has 1 heterocycles. The number of hydrogen-bond donors (Lipinski definition) is 1. The van der Waals surface area contributed by atoms with Gasteiger partial charge in [0, 0.05) is 24.8 Å². The van der Waals surface area contributed by atoms with Gasteiger partial charge < -0.3 is 5.32 Å². The normalized spacial score (nSPS) is 11.6. The fraction of sp³-hybridized carbons (Fsp3) is 0.400. The Balaban J connectivity index is 2.23. The lowest BCUT2D eigenvalue weighted by Gasteiger charge is -2.12. The molecule has 0 bridgehead atoms. The number of hydrogen-bond acceptors (Lipinski definition) is 4. The Kier molecular flexibility index (Phi) is 4.67. The summed E-state index contributed by atoms with van der Waals surface area (Å²) in [6, 6.07) is 7.05. The molecule has 0 radical (unpaired) electrons. The minimum Gasteiger partial charge on any atom is -0.380 e. The number of rotatable bonds is 6. The molecule has 2 aromatic rings. The average Bonchev–Trinajstić information content (AvgIpc) is 2.77. The van der Waals surface area contributed by atoms with E-state index in [1.165, 1.54) is 0 Å². The first kappa shape index (κ1) is 15.6. The lowest BCUT2D eigenvalue weighted by atomic mass is 10.2. The van der Waals surface area contributed by atoms with E-state index in [9.17, 15) is 8.42 Å². The standard InChI is InChI=1S/C15H21N3O2S/c1-4-9-21(19,20)15-8-6-5-7-14(15)16-10-13-11-17-18(3)12(13)2/h5-8,11,16H,4,9-10H2,1-3H3.